The van der Waals surface area contributed by atoms with E-state index in [1.54, 1.807) is 0 Å². The zero-order chi connectivity index (χ0) is 16.5. The van der Waals surface area contributed by atoms with Crippen LogP contribution in [0.15, 0.2) is 29.6 Å². The molecule has 4 rings (SSSR count). The van der Waals surface area contributed by atoms with Crippen LogP contribution in [0, 0.1) is 0 Å². The van der Waals surface area contributed by atoms with Crippen molar-refractivity contribution in [2.45, 2.75) is 25.9 Å². The predicted octanol–water partition coefficient (Wildman–Crippen LogP) is 2.90. The van der Waals surface area contributed by atoms with Crippen molar-refractivity contribution >= 4 is 22.9 Å². The lowest BCUT2D eigenvalue weighted by atomic mass is 10.1. The minimum Gasteiger partial charge on any atom is -0.486 e. The summed E-state index contributed by atoms with van der Waals surface area (Å²) in [6, 6.07) is 7.51. The van der Waals surface area contributed by atoms with Gasteiger partial charge >= 0.3 is 0 Å². The van der Waals surface area contributed by atoms with Crippen molar-refractivity contribution in [2.24, 2.45) is 0 Å². The van der Waals surface area contributed by atoms with Gasteiger partial charge in [0.15, 0.2) is 11.5 Å². The van der Waals surface area contributed by atoms with E-state index in [4.69, 9.17) is 9.47 Å². The number of ether oxygens (including phenoxy) is 2. The molecular weight excluding hydrogens is 324 g/mol. The highest BCUT2D eigenvalue weighted by Gasteiger charge is 2.26. The number of rotatable bonds is 3. The third kappa shape index (κ3) is 2.99. The van der Waals surface area contributed by atoms with Crippen LogP contribution < -0.4 is 14.8 Å². The molecule has 126 valence electrons. The minimum absolute atomic E-state index is 0.00496. The van der Waals surface area contributed by atoms with Gasteiger partial charge in [-0.2, -0.15) is 0 Å². The van der Waals surface area contributed by atoms with E-state index in [-0.39, 0.29) is 11.9 Å². The Morgan fingerprint density at radius 2 is 2.08 bits per heavy atom. The van der Waals surface area contributed by atoms with Crippen LogP contribution in [-0.4, -0.2) is 36.6 Å². The van der Waals surface area contributed by atoms with Crippen molar-refractivity contribution in [2.75, 3.05) is 25.1 Å². The van der Waals surface area contributed by atoms with E-state index in [9.17, 15) is 4.79 Å². The molecule has 3 heterocycles. The van der Waals surface area contributed by atoms with E-state index in [1.165, 1.54) is 10.4 Å². The van der Waals surface area contributed by atoms with Gasteiger partial charge in [0.05, 0.1) is 6.04 Å². The Labute approximate surface area is 145 Å². The number of anilines is 1. The van der Waals surface area contributed by atoms with Crippen LogP contribution in [0.1, 0.15) is 17.4 Å². The molecular formula is C18H20N2O3S. The molecule has 2 aromatic rings. The van der Waals surface area contributed by atoms with Crippen LogP contribution in [0.3, 0.4) is 0 Å². The fourth-order valence-corrected chi connectivity index (χ4v) is 4.02. The fourth-order valence-electron chi connectivity index (χ4n) is 3.13. The van der Waals surface area contributed by atoms with Crippen LogP contribution in [0.2, 0.25) is 0 Å². The average molecular weight is 344 g/mol. The number of hydrogen-bond acceptors (Lipinski definition) is 5. The number of nitrogens with zero attached hydrogens (tertiary/aromatic N) is 1. The van der Waals surface area contributed by atoms with E-state index in [0.29, 0.717) is 19.0 Å². The maximum absolute atomic E-state index is 12.6. The molecule has 0 saturated heterocycles. The molecule has 0 saturated carbocycles. The second-order valence-corrected chi connectivity index (χ2v) is 7.11. The lowest BCUT2D eigenvalue weighted by Gasteiger charge is -2.31. The average Bonchev–Trinajstić information content (AvgIpc) is 3.08. The molecule has 6 heteroatoms. The van der Waals surface area contributed by atoms with Gasteiger partial charge in [-0.3, -0.25) is 9.69 Å². The van der Waals surface area contributed by atoms with Gasteiger partial charge in [0.2, 0.25) is 5.91 Å². The monoisotopic (exact) mass is 344 g/mol. The molecule has 0 radical (unpaired) electrons. The lowest BCUT2D eigenvalue weighted by Crippen LogP contribution is -2.44. The van der Waals surface area contributed by atoms with Gasteiger partial charge in [-0.05, 0) is 42.5 Å². The first kappa shape index (κ1) is 15.5. The molecule has 0 spiro atoms. The van der Waals surface area contributed by atoms with Gasteiger partial charge in [-0.1, -0.05) is 0 Å². The van der Waals surface area contributed by atoms with E-state index in [1.807, 2.05) is 36.5 Å². The Balaban J connectivity index is 1.42. The fraction of sp³-hybridized carbons (Fsp3) is 0.389. The molecule has 1 aromatic carbocycles. The summed E-state index contributed by atoms with van der Waals surface area (Å²) < 4.78 is 11.1. The molecule has 2 aliphatic heterocycles. The third-order valence-corrected chi connectivity index (χ3v) is 5.60. The van der Waals surface area contributed by atoms with Crippen molar-refractivity contribution in [1.29, 1.82) is 0 Å². The summed E-state index contributed by atoms with van der Waals surface area (Å²) in [6.07, 6.45) is 1.02. The minimum atomic E-state index is -0.175. The summed E-state index contributed by atoms with van der Waals surface area (Å²) in [5, 5.41) is 5.13. The number of benzene rings is 1. The number of thiophene rings is 1. The van der Waals surface area contributed by atoms with Crippen LogP contribution in [0.5, 0.6) is 11.5 Å². The first-order chi connectivity index (χ1) is 11.7. The number of hydrogen-bond donors (Lipinski definition) is 1. The summed E-state index contributed by atoms with van der Waals surface area (Å²) in [7, 11) is 0. The summed E-state index contributed by atoms with van der Waals surface area (Å²) in [6.45, 7) is 4.83. The summed E-state index contributed by atoms with van der Waals surface area (Å²) in [4.78, 5) is 16.3. The maximum Gasteiger partial charge on any atom is 0.241 e. The van der Waals surface area contributed by atoms with Gasteiger partial charge in [-0.15, -0.1) is 11.3 Å². The highest BCUT2D eigenvalue weighted by Crippen LogP contribution is 2.33. The van der Waals surface area contributed by atoms with Crippen molar-refractivity contribution in [1.82, 2.24) is 4.90 Å². The highest BCUT2D eigenvalue weighted by atomic mass is 32.1. The molecule has 1 atom stereocenters. The zero-order valence-corrected chi connectivity index (χ0v) is 14.4. The van der Waals surface area contributed by atoms with Crippen molar-refractivity contribution in [3.63, 3.8) is 0 Å². The maximum atomic E-state index is 12.6. The van der Waals surface area contributed by atoms with Crippen LogP contribution in [-0.2, 0) is 17.8 Å². The summed E-state index contributed by atoms with van der Waals surface area (Å²) in [5.41, 5.74) is 2.09. The Hall–Kier alpha value is -2.05. The van der Waals surface area contributed by atoms with Crippen LogP contribution >= 0.6 is 11.3 Å². The third-order valence-electron chi connectivity index (χ3n) is 4.57. The molecule has 1 aromatic heterocycles. The molecule has 0 aliphatic carbocycles. The van der Waals surface area contributed by atoms with E-state index in [0.717, 1.165) is 30.9 Å². The first-order valence-corrected chi connectivity index (χ1v) is 9.08. The molecule has 2 aliphatic rings. The predicted molar refractivity (Wildman–Crippen MR) is 94.0 cm³/mol. The van der Waals surface area contributed by atoms with Crippen molar-refractivity contribution in [3.05, 3.63) is 40.1 Å². The zero-order valence-electron chi connectivity index (χ0n) is 13.6. The Bertz CT molecular complexity index is 758. The SMILES string of the molecule is CC(C(=O)Nc1ccc2c(c1)OCCO2)N1CCc2sccc2C1. The van der Waals surface area contributed by atoms with Crippen LogP contribution in [0.25, 0.3) is 0 Å². The molecule has 1 unspecified atom stereocenters. The molecule has 0 bridgehead atoms. The Morgan fingerprint density at radius 3 is 2.96 bits per heavy atom. The van der Waals surface area contributed by atoms with Gasteiger partial charge in [-0.25, -0.2) is 0 Å². The normalized spacial score (nSPS) is 17.9. The van der Waals surface area contributed by atoms with Crippen molar-refractivity contribution in [3.8, 4) is 11.5 Å². The number of fused-ring (bicyclic) bond motifs is 2. The van der Waals surface area contributed by atoms with Gasteiger partial charge < -0.3 is 14.8 Å². The number of nitrogens with one attached hydrogen (secondary N) is 1. The molecule has 1 amide bonds. The van der Waals surface area contributed by atoms with Gasteiger partial charge in [0.25, 0.3) is 0 Å². The highest BCUT2D eigenvalue weighted by molar-refractivity contribution is 7.10. The van der Waals surface area contributed by atoms with E-state index in [2.05, 4.69) is 21.7 Å². The molecule has 5 nitrogen and oxygen atoms in total. The topological polar surface area (TPSA) is 50.8 Å². The van der Waals surface area contributed by atoms with Crippen molar-refractivity contribution < 1.29 is 14.3 Å². The Kier molecular flexibility index (Phi) is 4.16. The van der Waals surface area contributed by atoms with E-state index < -0.39 is 0 Å². The summed E-state index contributed by atoms with van der Waals surface area (Å²) in [5.74, 6) is 1.42. The first-order valence-electron chi connectivity index (χ1n) is 8.20. The number of amides is 1. The largest absolute Gasteiger partial charge is 0.486 e. The number of carbonyl (C=O) groups is 1. The second-order valence-electron chi connectivity index (χ2n) is 6.11. The number of carbonyl (C=O) groups excluding carboxylic acids is 1. The molecule has 24 heavy (non-hydrogen) atoms. The molecule has 0 fully saturated rings. The smallest absolute Gasteiger partial charge is 0.241 e. The second kappa shape index (κ2) is 6.45. The van der Waals surface area contributed by atoms with Gasteiger partial charge in [0, 0.05) is 29.7 Å². The quantitative estimate of drug-likeness (QED) is 0.930. The molecule has 1 N–H and O–H groups in total. The standard InChI is InChI=1S/C18H20N2O3S/c1-12(20-6-4-17-13(11-20)5-9-24-17)18(21)19-14-2-3-15-16(10-14)23-8-7-22-15/h2-3,5,9-10,12H,4,6-8,11H2,1H3,(H,19,21). The van der Waals surface area contributed by atoms with Crippen LogP contribution in [0.4, 0.5) is 5.69 Å². The van der Waals surface area contributed by atoms with Gasteiger partial charge in [0.1, 0.15) is 13.2 Å². The lowest BCUT2D eigenvalue weighted by molar-refractivity contribution is -0.121. The summed E-state index contributed by atoms with van der Waals surface area (Å²) >= 11 is 1.81. The Morgan fingerprint density at radius 1 is 1.25 bits per heavy atom. The van der Waals surface area contributed by atoms with E-state index >= 15 is 0 Å².